The lowest BCUT2D eigenvalue weighted by atomic mass is 10.1. The zero-order valence-corrected chi connectivity index (χ0v) is 14.9. The molecule has 0 unspecified atom stereocenters. The number of hydrogen-bond acceptors (Lipinski definition) is 2. The Kier molecular flexibility index (Phi) is 3.48. The molecular weight excluding hydrogens is 367 g/mol. The van der Waals surface area contributed by atoms with E-state index < -0.39 is 0 Å². The largest absolute Gasteiger partial charge is 0.360 e. The first-order valence-electron chi connectivity index (χ1n) is 8.07. The lowest BCUT2D eigenvalue weighted by Gasteiger charge is -2.02. The average molecular weight is 379 g/mol. The van der Waals surface area contributed by atoms with Crippen molar-refractivity contribution in [3.05, 3.63) is 71.0 Å². The highest BCUT2D eigenvalue weighted by Crippen LogP contribution is 2.32. The van der Waals surface area contributed by atoms with Crippen LogP contribution in [0.4, 0.5) is 0 Å². The fourth-order valence-electron chi connectivity index (χ4n) is 3.23. The minimum atomic E-state index is 0.693. The maximum atomic E-state index is 6.13. The van der Waals surface area contributed by atoms with Gasteiger partial charge in [-0.2, -0.15) is 0 Å². The number of aromatic nitrogens is 4. The van der Waals surface area contributed by atoms with E-state index in [-0.39, 0.29) is 0 Å². The molecule has 0 fully saturated rings. The van der Waals surface area contributed by atoms with Crippen molar-refractivity contribution in [2.24, 2.45) is 0 Å². The standard InChI is InChI=1S/C20H12Cl2N4/c21-11-1-3-17-13(7-11)15(9-23-17)19-5-6-20(26-25-19)16-10-24-18-4-2-12(22)8-14(16)18/h1-10,23-24H. The van der Waals surface area contributed by atoms with E-state index in [1.54, 1.807) is 0 Å². The summed E-state index contributed by atoms with van der Waals surface area (Å²) in [5.41, 5.74) is 5.57. The molecular formula is C20H12Cl2N4. The summed E-state index contributed by atoms with van der Waals surface area (Å²) in [5, 5.41) is 12.3. The Hall–Kier alpha value is -2.82. The zero-order valence-electron chi connectivity index (χ0n) is 13.4. The van der Waals surface area contributed by atoms with E-state index in [2.05, 4.69) is 20.2 Å². The van der Waals surface area contributed by atoms with Crippen LogP contribution in [0.3, 0.4) is 0 Å². The molecule has 5 rings (SSSR count). The van der Waals surface area contributed by atoms with Gasteiger partial charge in [-0.3, -0.25) is 0 Å². The minimum absolute atomic E-state index is 0.693. The number of benzene rings is 2. The predicted molar refractivity (Wildman–Crippen MR) is 107 cm³/mol. The molecule has 3 aromatic heterocycles. The van der Waals surface area contributed by atoms with Gasteiger partial charge in [-0.15, -0.1) is 10.2 Å². The molecule has 6 heteroatoms. The van der Waals surface area contributed by atoms with Gasteiger partial charge >= 0.3 is 0 Å². The number of rotatable bonds is 2. The molecule has 0 aliphatic rings. The third-order valence-electron chi connectivity index (χ3n) is 4.50. The normalized spacial score (nSPS) is 11.5. The molecule has 0 atom stereocenters. The van der Waals surface area contributed by atoms with Crippen LogP contribution in [0.5, 0.6) is 0 Å². The Morgan fingerprint density at radius 3 is 1.50 bits per heavy atom. The molecule has 4 nitrogen and oxygen atoms in total. The molecule has 5 aromatic rings. The molecule has 0 spiro atoms. The summed E-state index contributed by atoms with van der Waals surface area (Å²) in [7, 11) is 0. The first kappa shape index (κ1) is 15.4. The van der Waals surface area contributed by atoms with Crippen LogP contribution < -0.4 is 0 Å². The highest BCUT2D eigenvalue weighted by atomic mass is 35.5. The Labute approximate surface area is 158 Å². The van der Waals surface area contributed by atoms with Gasteiger partial charge in [-0.1, -0.05) is 23.2 Å². The van der Waals surface area contributed by atoms with Crippen molar-refractivity contribution in [1.82, 2.24) is 20.2 Å². The Bertz CT molecular complexity index is 1150. The van der Waals surface area contributed by atoms with E-state index >= 15 is 0 Å². The smallest absolute Gasteiger partial charge is 0.0951 e. The van der Waals surface area contributed by atoms with Gasteiger partial charge in [-0.05, 0) is 48.5 Å². The van der Waals surface area contributed by atoms with Crippen LogP contribution in [0.2, 0.25) is 10.0 Å². The zero-order chi connectivity index (χ0) is 17.7. The van der Waals surface area contributed by atoms with Crippen LogP contribution in [0, 0.1) is 0 Å². The van der Waals surface area contributed by atoms with E-state index in [9.17, 15) is 0 Å². The van der Waals surface area contributed by atoms with E-state index in [1.165, 1.54) is 0 Å². The summed E-state index contributed by atoms with van der Waals surface area (Å²) in [6.45, 7) is 0. The van der Waals surface area contributed by atoms with Crippen molar-refractivity contribution in [1.29, 1.82) is 0 Å². The van der Waals surface area contributed by atoms with E-state index in [0.29, 0.717) is 10.0 Å². The van der Waals surface area contributed by atoms with Crippen molar-refractivity contribution in [2.75, 3.05) is 0 Å². The van der Waals surface area contributed by atoms with Gasteiger partial charge in [-0.25, -0.2) is 0 Å². The van der Waals surface area contributed by atoms with Crippen LogP contribution in [-0.2, 0) is 0 Å². The fraction of sp³-hybridized carbons (Fsp3) is 0. The van der Waals surface area contributed by atoms with Crippen molar-refractivity contribution in [3.8, 4) is 22.5 Å². The second kappa shape index (κ2) is 5.87. The molecule has 3 heterocycles. The van der Waals surface area contributed by atoms with Gasteiger partial charge in [0.05, 0.1) is 11.4 Å². The Morgan fingerprint density at radius 2 is 1.08 bits per heavy atom. The number of H-pyrrole nitrogens is 2. The van der Waals surface area contributed by atoms with Gasteiger partial charge in [0, 0.05) is 55.4 Å². The van der Waals surface area contributed by atoms with Crippen molar-refractivity contribution >= 4 is 45.0 Å². The van der Waals surface area contributed by atoms with Crippen LogP contribution in [0.25, 0.3) is 44.3 Å². The molecule has 0 aliphatic heterocycles. The fourth-order valence-corrected chi connectivity index (χ4v) is 3.57. The van der Waals surface area contributed by atoms with Crippen molar-refractivity contribution in [3.63, 3.8) is 0 Å². The highest BCUT2D eigenvalue weighted by molar-refractivity contribution is 6.31. The monoisotopic (exact) mass is 378 g/mol. The topological polar surface area (TPSA) is 57.4 Å². The van der Waals surface area contributed by atoms with Crippen molar-refractivity contribution in [2.45, 2.75) is 0 Å². The molecule has 0 saturated heterocycles. The first-order valence-corrected chi connectivity index (χ1v) is 8.82. The number of hydrogen-bond donors (Lipinski definition) is 2. The second-order valence-electron chi connectivity index (χ2n) is 6.09. The summed E-state index contributed by atoms with van der Waals surface area (Å²) < 4.78 is 0. The third-order valence-corrected chi connectivity index (χ3v) is 4.97. The highest BCUT2D eigenvalue weighted by Gasteiger charge is 2.12. The molecule has 0 aliphatic carbocycles. The van der Waals surface area contributed by atoms with E-state index in [4.69, 9.17) is 23.2 Å². The summed E-state index contributed by atoms with van der Waals surface area (Å²) in [6.07, 6.45) is 3.85. The van der Waals surface area contributed by atoms with Crippen LogP contribution in [-0.4, -0.2) is 20.2 Å². The maximum Gasteiger partial charge on any atom is 0.0951 e. The van der Waals surface area contributed by atoms with Crippen LogP contribution >= 0.6 is 23.2 Å². The number of fused-ring (bicyclic) bond motifs is 2. The lowest BCUT2D eigenvalue weighted by molar-refractivity contribution is 1.05. The lowest BCUT2D eigenvalue weighted by Crippen LogP contribution is -1.89. The number of nitrogens with one attached hydrogen (secondary N) is 2. The average Bonchev–Trinajstić information content (AvgIpc) is 3.25. The molecule has 0 bridgehead atoms. The van der Waals surface area contributed by atoms with Gasteiger partial charge in [0.1, 0.15) is 0 Å². The van der Waals surface area contributed by atoms with Gasteiger partial charge < -0.3 is 9.97 Å². The van der Waals surface area contributed by atoms with Gasteiger partial charge in [0.2, 0.25) is 0 Å². The quantitative estimate of drug-likeness (QED) is 0.391. The maximum absolute atomic E-state index is 6.13. The summed E-state index contributed by atoms with van der Waals surface area (Å²) >= 11 is 12.3. The molecule has 26 heavy (non-hydrogen) atoms. The minimum Gasteiger partial charge on any atom is -0.360 e. The van der Waals surface area contributed by atoms with E-state index in [1.807, 2.05) is 60.9 Å². The predicted octanol–water partition coefficient (Wildman–Crippen LogP) is 6.08. The summed E-state index contributed by atoms with van der Waals surface area (Å²) in [6, 6.07) is 15.4. The Morgan fingerprint density at radius 1 is 0.615 bits per heavy atom. The SMILES string of the molecule is Clc1ccc2[nH]cc(-c3ccc(-c4c[nH]c5ccc(Cl)cc45)nn3)c2c1. The van der Waals surface area contributed by atoms with Gasteiger partial charge in [0.15, 0.2) is 0 Å². The Balaban J connectivity index is 1.60. The van der Waals surface area contributed by atoms with Crippen molar-refractivity contribution < 1.29 is 0 Å². The summed E-state index contributed by atoms with van der Waals surface area (Å²) in [5.74, 6) is 0. The van der Waals surface area contributed by atoms with E-state index in [0.717, 1.165) is 44.3 Å². The third kappa shape index (κ3) is 2.46. The van der Waals surface area contributed by atoms with Crippen LogP contribution in [0.1, 0.15) is 0 Å². The number of aromatic amines is 2. The molecule has 2 aromatic carbocycles. The number of nitrogens with zero attached hydrogens (tertiary/aromatic N) is 2. The van der Waals surface area contributed by atoms with Gasteiger partial charge in [0.25, 0.3) is 0 Å². The summed E-state index contributed by atoms with van der Waals surface area (Å²) in [4.78, 5) is 6.48. The molecule has 2 N–H and O–H groups in total. The number of halogens is 2. The molecule has 0 saturated carbocycles. The second-order valence-corrected chi connectivity index (χ2v) is 6.96. The first-order chi connectivity index (χ1) is 12.7. The molecule has 0 radical (unpaired) electrons. The molecule has 126 valence electrons. The molecule has 0 amide bonds. The van der Waals surface area contributed by atoms with Crippen LogP contribution in [0.15, 0.2) is 60.9 Å².